The number of benzene rings is 2. The zero-order valence-electron chi connectivity index (χ0n) is 15.5. The van der Waals surface area contributed by atoms with Crippen molar-refractivity contribution in [3.05, 3.63) is 58.4 Å². The number of fused-ring (bicyclic) bond motifs is 2. The van der Waals surface area contributed by atoms with Gasteiger partial charge in [-0.2, -0.15) is 4.98 Å². The van der Waals surface area contributed by atoms with E-state index in [1.807, 2.05) is 0 Å². The van der Waals surface area contributed by atoms with Crippen molar-refractivity contribution in [3.8, 4) is 11.5 Å². The fourth-order valence-corrected chi connectivity index (χ4v) is 5.40. The molecule has 0 radical (unpaired) electrons. The molecule has 12 heteroatoms. The van der Waals surface area contributed by atoms with E-state index < -0.39 is 16.3 Å². The highest BCUT2D eigenvalue weighted by atomic mass is 35.5. The molecule has 0 spiro atoms. The largest absolute Gasteiger partial charge is 0.454 e. The first-order chi connectivity index (χ1) is 14.9. The second-order valence-corrected chi connectivity index (χ2v) is 10.1. The van der Waals surface area contributed by atoms with Crippen LogP contribution in [-0.4, -0.2) is 25.3 Å². The molecule has 31 heavy (non-hydrogen) atoms. The third-order valence-corrected chi connectivity index (χ3v) is 7.48. The van der Waals surface area contributed by atoms with Gasteiger partial charge in [0.05, 0.1) is 4.34 Å². The van der Waals surface area contributed by atoms with Crippen molar-refractivity contribution in [3.63, 3.8) is 0 Å². The molecule has 0 amide bonds. The lowest BCUT2D eigenvalue weighted by atomic mass is 10.1. The summed E-state index contributed by atoms with van der Waals surface area (Å²) >= 11 is 6.74. The number of hydrogen-bond acceptors (Lipinski definition) is 9. The van der Waals surface area contributed by atoms with Crippen LogP contribution < -0.4 is 19.5 Å². The van der Waals surface area contributed by atoms with E-state index in [4.69, 9.17) is 25.5 Å². The van der Waals surface area contributed by atoms with Gasteiger partial charge in [0.2, 0.25) is 6.79 Å². The van der Waals surface area contributed by atoms with E-state index in [-0.39, 0.29) is 17.0 Å². The Labute approximate surface area is 185 Å². The highest BCUT2D eigenvalue weighted by Gasteiger charge is 2.20. The van der Waals surface area contributed by atoms with Gasteiger partial charge in [-0.05, 0) is 42.5 Å². The number of aromatic nitrogens is 1. The van der Waals surface area contributed by atoms with E-state index in [0.717, 1.165) is 11.3 Å². The highest BCUT2D eigenvalue weighted by Crippen LogP contribution is 2.35. The summed E-state index contributed by atoms with van der Waals surface area (Å²) in [5.74, 6) is 1.19. The van der Waals surface area contributed by atoms with Gasteiger partial charge in [-0.15, -0.1) is 11.3 Å². The van der Waals surface area contributed by atoms with Gasteiger partial charge < -0.3 is 24.3 Å². The van der Waals surface area contributed by atoms with Gasteiger partial charge in [0.25, 0.3) is 10.0 Å². The molecule has 3 heterocycles. The predicted octanol–water partition coefficient (Wildman–Crippen LogP) is 4.18. The molecule has 2 aromatic carbocycles. The third kappa shape index (κ3) is 4.00. The number of halogens is 1. The number of hydrogen-bond donors (Lipinski definition) is 3. The summed E-state index contributed by atoms with van der Waals surface area (Å²) < 4.78 is 43.6. The fourth-order valence-electron chi connectivity index (χ4n) is 2.99. The van der Waals surface area contributed by atoms with Crippen molar-refractivity contribution >= 4 is 55.8 Å². The lowest BCUT2D eigenvalue weighted by Gasteiger charge is -2.14. The SMILES string of the molecule is O=S(=O)(Nc1nc2cc(NC(O)c3ccc4c(c3)OCO4)ccc2o1)c1ccc(Cl)s1. The van der Waals surface area contributed by atoms with Crippen molar-refractivity contribution in [2.75, 3.05) is 16.8 Å². The maximum Gasteiger partial charge on any atom is 0.309 e. The molecule has 0 fully saturated rings. The van der Waals surface area contributed by atoms with Crippen LogP contribution in [0.2, 0.25) is 4.34 Å². The van der Waals surface area contributed by atoms with Crippen molar-refractivity contribution in [1.82, 2.24) is 4.98 Å². The minimum atomic E-state index is -3.86. The Kier molecular flexibility index (Phi) is 4.89. The first-order valence-electron chi connectivity index (χ1n) is 8.90. The monoisotopic (exact) mass is 479 g/mol. The van der Waals surface area contributed by atoms with E-state index in [9.17, 15) is 13.5 Å². The summed E-state index contributed by atoms with van der Waals surface area (Å²) in [5, 5.41) is 13.5. The molecule has 0 aliphatic carbocycles. The van der Waals surface area contributed by atoms with E-state index in [0.29, 0.717) is 38.2 Å². The number of rotatable bonds is 6. The summed E-state index contributed by atoms with van der Waals surface area (Å²) in [7, 11) is -3.86. The second-order valence-electron chi connectivity index (χ2n) is 6.53. The molecule has 9 nitrogen and oxygen atoms in total. The van der Waals surface area contributed by atoms with Crippen LogP contribution in [0.15, 0.2) is 57.2 Å². The van der Waals surface area contributed by atoms with Crippen LogP contribution in [0.3, 0.4) is 0 Å². The molecule has 3 N–H and O–H groups in total. The molecule has 0 saturated heterocycles. The smallest absolute Gasteiger partial charge is 0.309 e. The second kappa shape index (κ2) is 7.61. The van der Waals surface area contributed by atoms with E-state index in [2.05, 4.69) is 15.0 Å². The van der Waals surface area contributed by atoms with Crippen LogP contribution >= 0.6 is 22.9 Å². The summed E-state index contributed by atoms with van der Waals surface area (Å²) in [6, 6.07) is 12.8. The Hall–Kier alpha value is -2.99. The van der Waals surface area contributed by atoms with Crippen LogP contribution in [0.25, 0.3) is 11.1 Å². The topological polar surface area (TPSA) is 123 Å². The number of aliphatic hydroxyl groups is 1. The molecule has 1 unspecified atom stereocenters. The van der Waals surface area contributed by atoms with Crippen molar-refractivity contribution in [2.24, 2.45) is 0 Å². The molecular weight excluding hydrogens is 466 g/mol. The normalized spacial score (nSPS) is 14.0. The molecular formula is C19H14ClN3O6S2. The average molecular weight is 480 g/mol. The summed E-state index contributed by atoms with van der Waals surface area (Å²) in [6.45, 7) is 0.150. The minimum Gasteiger partial charge on any atom is -0.454 e. The number of anilines is 2. The third-order valence-electron chi connectivity index (χ3n) is 4.44. The van der Waals surface area contributed by atoms with Gasteiger partial charge in [0.15, 0.2) is 23.3 Å². The Morgan fingerprint density at radius 1 is 1.10 bits per heavy atom. The lowest BCUT2D eigenvalue weighted by Crippen LogP contribution is -2.11. The van der Waals surface area contributed by atoms with E-state index in [1.54, 1.807) is 36.4 Å². The summed E-state index contributed by atoms with van der Waals surface area (Å²) in [5.41, 5.74) is 1.94. The van der Waals surface area contributed by atoms with Gasteiger partial charge >= 0.3 is 6.01 Å². The van der Waals surface area contributed by atoms with Crippen molar-refractivity contribution < 1.29 is 27.4 Å². The Morgan fingerprint density at radius 3 is 2.74 bits per heavy atom. The van der Waals surface area contributed by atoms with Gasteiger partial charge in [0, 0.05) is 11.3 Å². The first kappa shape index (κ1) is 19.9. The number of oxazole rings is 1. The predicted molar refractivity (Wildman–Crippen MR) is 115 cm³/mol. The van der Waals surface area contributed by atoms with Gasteiger partial charge in [0.1, 0.15) is 9.73 Å². The quantitative estimate of drug-likeness (QED) is 0.352. The molecule has 0 saturated carbocycles. The van der Waals surface area contributed by atoms with Crippen molar-refractivity contribution in [2.45, 2.75) is 10.4 Å². The van der Waals surface area contributed by atoms with Crippen LogP contribution in [0.1, 0.15) is 11.8 Å². The standard InChI is InChI=1S/C19H14ClN3O6S2/c20-16-5-6-17(30-16)31(25,26)23-19-22-12-8-11(2-4-13(12)29-19)21-18(24)10-1-3-14-15(7-10)28-9-27-14/h1-8,18,21,24H,9H2,(H,22,23). The fraction of sp³-hybridized carbons (Fsp3) is 0.105. The van der Waals surface area contributed by atoms with Crippen LogP contribution in [0.4, 0.5) is 11.7 Å². The lowest BCUT2D eigenvalue weighted by molar-refractivity contribution is 0.173. The molecule has 2 aromatic heterocycles. The number of nitrogens with zero attached hydrogens (tertiary/aromatic N) is 1. The summed E-state index contributed by atoms with van der Waals surface area (Å²) in [4.78, 5) is 4.17. The molecule has 1 aliphatic heterocycles. The Morgan fingerprint density at radius 2 is 1.94 bits per heavy atom. The summed E-state index contributed by atoms with van der Waals surface area (Å²) in [6.07, 6.45) is -1.01. The van der Waals surface area contributed by atoms with E-state index in [1.165, 1.54) is 12.1 Å². The van der Waals surface area contributed by atoms with E-state index >= 15 is 0 Å². The number of ether oxygens (including phenoxy) is 2. The number of thiophene rings is 1. The van der Waals surface area contributed by atoms with Crippen molar-refractivity contribution in [1.29, 1.82) is 0 Å². The molecule has 4 aromatic rings. The van der Waals surface area contributed by atoms with Crippen LogP contribution in [0, 0.1) is 0 Å². The molecule has 5 rings (SSSR count). The zero-order chi connectivity index (χ0) is 21.6. The Balaban J connectivity index is 1.34. The molecule has 0 bridgehead atoms. The minimum absolute atomic E-state index is 0.0500. The molecule has 1 atom stereocenters. The maximum absolute atomic E-state index is 12.4. The average Bonchev–Trinajstić information content (AvgIpc) is 3.45. The maximum atomic E-state index is 12.4. The van der Waals surface area contributed by atoms with Gasteiger partial charge in [-0.3, -0.25) is 0 Å². The Bertz CT molecular complexity index is 1380. The number of sulfonamides is 1. The molecule has 160 valence electrons. The van der Waals surface area contributed by atoms with Gasteiger partial charge in [-0.1, -0.05) is 17.7 Å². The first-order valence-corrected chi connectivity index (χ1v) is 11.6. The number of aliphatic hydroxyl groups excluding tert-OH is 1. The zero-order valence-corrected chi connectivity index (χ0v) is 17.9. The molecule has 1 aliphatic rings. The van der Waals surface area contributed by atoms with Crippen LogP contribution in [-0.2, 0) is 10.0 Å². The highest BCUT2D eigenvalue weighted by molar-refractivity contribution is 7.94. The van der Waals surface area contributed by atoms with Gasteiger partial charge in [-0.25, -0.2) is 13.1 Å². The number of nitrogens with one attached hydrogen (secondary N) is 2. The van der Waals surface area contributed by atoms with Crippen LogP contribution in [0.5, 0.6) is 11.5 Å².